The average molecular weight is 272 g/mol. The summed E-state index contributed by atoms with van der Waals surface area (Å²) in [6.07, 6.45) is 4.93. The molecule has 1 aliphatic heterocycles. The van der Waals surface area contributed by atoms with Gasteiger partial charge in [-0.15, -0.1) is 0 Å². The molecule has 1 aliphatic rings. The molecule has 0 saturated carbocycles. The van der Waals surface area contributed by atoms with Gasteiger partial charge in [-0.3, -0.25) is 5.10 Å². The van der Waals surface area contributed by atoms with Crippen molar-refractivity contribution in [2.45, 2.75) is 37.6 Å². The Hall–Kier alpha value is -0.920. The van der Waals surface area contributed by atoms with Gasteiger partial charge < -0.3 is 5.32 Å². The molecule has 3 N–H and O–H groups in total. The molecule has 1 saturated heterocycles. The summed E-state index contributed by atoms with van der Waals surface area (Å²) in [5.41, 5.74) is 0.108. The van der Waals surface area contributed by atoms with E-state index in [4.69, 9.17) is 0 Å². The van der Waals surface area contributed by atoms with Crippen molar-refractivity contribution in [2.24, 2.45) is 5.41 Å². The standard InChI is InChI=1S/C11H20N4O2S/c1-11(2)4-3-5-12-10(11)8-15-18(16,17)9-6-13-14-7-9/h6-7,10,12,15H,3-5,8H2,1-2H3,(H,13,14). The van der Waals surface area contributed by atoms with Gasteiger partial charge in [-0.2, -0.15) is 5.10 Å². The Morgan fingerprint density at radius 1 is 1.56 bits per heavy atom. The van der Waals surface area contributed by atoms with Crippen molar-refractivity contribution in [1.29, 1.82) is 0 Å². The molecule has 0 bridgehead atoms. The second kappa shape index (κ2) is 4.99. The van der Waals surface area contributed by atoms with Crippen molar-refractivity contribution >= 4 is 10.0 Å². The van der Waals surface area contributed by atoms with Crippen LogP contribution < -0.4 is 10.0 Å². The quantitative estimate of drug-likeness (QED) is 0.743. The van der Waals surface area contributed by atoms with E-state index < -0.39 is 10.0 Å². The number of sulfonamides is 1. The Morgan fingerprint density at radius 2 is 2.33 bits per heavy atom. The molecule has 0 amide bonds. The lowest BCUT2D eigenvalue weighted by Crippen LogP contribution is -2.52. The molecule has 1 aromatic rings. The van der Waals surface area contributed by atoms with Gasteiger partial charge in [0.05, 0.1) is 6.20 Å². The van der Waals surface area contributed by atoms with Crippen LogP contribution >= 0.6 is 0 Å². The molecule has 102 valence electrons. The van der Waals surface area contributed by atoms with Gasteiger partial charge in [0.2, 0.25) is 10.0 Å². The summed E-state index contributed by atoms with van der Waals surface area (Å²) in [7, 11) is -3.45. The first-order valence-corrected chi connectivity index (χ1v) is 7.62. The number of piperidine rings is 1. The van der Waals surface area contributed by atoms with E-state index in [0.29, 0.717) is 6.54 Å². The van der Waals surface area contributed by atoms with Crippen LogP contribution in [0.1, 0.15) is 26.7 Å². The molecule has 0 aromatic carbocycles. The summed E-state index contributed by atoms with van der Waals surface area (Å²) in [6, 6.07) is 0.160. The maximum absolute atomic E-state index is 11.9. The number of hydrogen-bond donors (Lipinski definition) is 3. The van der Waals surface area contributed by atoms with Gasteiger partial charge in [0, 0.05) is 18.8 Å². The zero-order valence-electron chi connectivity index (χ0n) is 10.7. The van der Waals surface area contributed by atoms with Crippen molar-refractivity contribution < 1.29 is 8.42 Å². The fourth-order valence-corrected chi connectivity index (χ4v) is 3.23. The molecular formula is C11H20N4O2S. The monoisotopic (exact) mass is 272 g/mol. The minimum absolute atomic E-state index is 0.108. The maximum Gasteiger partial charge on any atom is 0.243 e. The molecule has 1 aromatic heterocycles. The summed E-state index contributed by atoms with van der Waals surface area (Å²) in [6.45, 7) is 5.67. The Morgan fingerprint density at radius 3 is 2.94 bits per heavy atom. The van der Waals surface area contributed by atoms with E-state index in [1.165, 1.54) is 12.4 Å². The van der Waals surface area contributed by atoms with E-state index in [9.17, 15) is 8.42 Å². The fraction of sp³-hybridized carbons (Fsp3) is 0.727. The summed E-state index contributed by atoms with van der Waals surface area (Å²) >= 11 is 0. The molecule has 1 atom stereocenters. The van der Waals surface area contributed by atoms with Crippen LogP contribution in [0.2, 0.25) is 0 Å². The molecule has 7 heteroatoms. The Balaban J connectivity index is 1.99. The SMILES string of the molecule is CC1(C)CCCNC1CNS(=O)(=O)c1cn[nH]c1. The van der Waals surface area contributed by atoms with Gasteiger partial charge in [-0.05, 0) is 24.8 Å². The molecule has 18 heavy (non-hydrogen) atoms. The highest BCUT2D eigenvalue weighted by atomic mass is 32.2. The molecule has 6 nitrogen and oxygen atoms in total. The molecule has 0 radical (unpaired) electrons. The zero-order valence-corrected chi connectivity index (χ0v) is 11.5. The summed E-state index contributed by atoms with van der Waals surface area (Å²) < 4.78 is 26.5. The van der Waals surface area contributed by atoms with Crippen LogP contribution in [0.3, 0.4) is 0 Å². The third-order valence-corrected chi connectivity index (χ3v) is 4.98. The van der Waals surface area contributed by atoms with E-state index in [1.54, 1.807) is 0 Å². The lowest BCUT2D eigenvalue weighted by molar-refractivity contribution is 0.181. The van der Waals surface area contributed by atoms with E-state index >= 15 is 0 Å². The molecular weight excluding hydrogens is 252 g/mol. The highest BCUT2D eigenvalue weighted by molar-refractivity contribution is 7.89. The lowest BCUT2D eigenvalue weighted by atomic mass is 9.78. The molecule has 2 rings (SSSR count). The van der Waals surface area contributed by atoms with Crippen molar-refractivity contribution in [2.75, 3.05) is 13.1 Å². The van der Waals surface area contributed by atoms with Crippen molar-refractivity contribution in [3.05, 3.63) is 12.4 Å². The van der Waals surface area contributed by atoms with E-state index in [2.05, 4.69) is 34.1 Å². The predicted molar refractivity (Wildman–Crippen MR) is 68.6 cm³/mol. The van der Waals surface area contributed by atoms with Gasteiger partial charge in [0.25, 0.3) is 0 Å². The van der Waals surface area contributed by atoms with Crippen molar-refractivity contribution in [3.8, 4) is 0 Å². The number of nitrogens with zero attached hydrogens (tertiary/aromatic N) is 1. The van der Waals surface area contributed by atoms with Gasteiger partial charge in [-0.25, -0.2) is 13.1 Å². The minimum Gasteiger partial charge on any atom is -0.312 e. The Bertz CT molecular complexity index is 481. The molecule has 1 unspecified atom stereocenters. The Labute approximate surface area is 108 Å². The topological polar surface area (TPSA) is 86.9 Å². The van der Waals surface area contributed by atoms with E-state index in [-0.39, 0.29) is 16.4 Å². The molecule has 0 aliphatic carbocycles. The third-order valence-electron chi connectivity index (χ3n) is 3.59. The summed E-state index contributed by atoms with van der Waals surface area (Å²) in [5.74, 6) is 0. The smallest absolute Gasteiger partial charge is 0.243 e. The minimum atomic E-state index is -3.45. The van der Waals surface area contributed by atoms with Crippen molar-refractivity contribution in [1.82, 2.24) is 20.2 Å². The normalized spacial score (nSPS) is 24.0. The van der Waals surface area contributed by atoms with E-state index in [1.807, 2.05) is 0 Å². The highest BCUT2D eigenvalue weighted by Gasteiger charge is 2.32. The van der Waals surface area contributed by atoms with Crippen LogP contribution in [0.4, 0.5) is 0 Å². The average Bonchev–Trinajstić information content (AvgIpc) is 2.81. The second-order valence-electron chi connectivity index (χ2n) is 5.38. The largest absolute Gasteiger partial charge is 0.312 e. The molecule has 1 fully saturated rings. The molecule has 2 heterocycles. The first-order chi connectivity index (χ1) is 8.42. The third kappa shape index (κ3) is 2.90. The van der Waals surface area contributed by atoms with Gasteiger partial charge in [0.1, 0.15) is 4.90 Å². The maximum atomic E-state index is 11.9. The van der Waals surface area contributed by atoms with Crippen molar-refractivity contribution in [3.63, 3.8) is 0 Å². The number of rotatable bonds is 4. The van der Waals surface area contributed by atoms with Crippen LogP contribution in [0.25, 0.3) is 0 Å². The zero-order chi connectivity index (χ0) is 13.2. The highest BCUT2D eigenvalue weighted by Crippen LogP contribution is 2.29. The first-order valence-electron chi connectivity index (χ1n) is 6.14. The second-order valence-corrected chi connectivity index (χ2v) is 7.15. The number of H-pyrrole nitrogens is 1. The predicted octanol–water partition coefficient (Wildman–Crippen LogP) is 0.466. The lowest BCUT2D eigenvalue weighted by Gasteiger charge is -2.39. The number of aromatic nitrogens is 2. The fourth-order valence-electron chi connectivity index (χ4n) is 2.28. The van der Waals surface area contributed by atoms with Crippen LogP contribution in [0.15, 0.2) is 17.3 Å². The van der Waals surface area contributed by atoms with Gasteiger partial charge in [-0.1, -0.05) is 13.8 Å². The first kappa shape index (κ1) is 13.5. The van der Waals surface area contributed by atoms with E-state index in [0.717, 1.165) is 19.4 Å². The molecule has 0 spiro atoms. The van der Waals surface area contributed by atoms with Crippen LogP contribution in [0, 0.1) is 5.41 Å². The van der Waals surface area contributed by atoms with Crippen LogP contribution in [0.5, 0.6) is 0 Å². The summed E-state index contributed by atoms with van der Waals surface area (Å²) in [5, 5.41) is 9.53. The number of aromatic amines is 1. The van der Waals surface area contributed by atoms with Gasteiger partial charge >= 0.3 is 0 Å². The van der Waals surface area contributed by atoms with Crippen LogP contribution in [-0.4, -0.2) is 37.7 Å². The Kier molecular flexibility index (Phi) is 3.74. The van der Waals surface area contributed by atoms with Crippen LogP contribution in [-0.2, 0) is 10.0 Å². The number of hydrogen-bond acceptors (Lipinski definition) is 4. The van der Waals surface area contributed by atoms with Gasteiger partial charge in [0.15, 0.2) is 0 Å². The number of nitrogens with one attached hydrogen (secondary N) is 3. The summed E-state index contributed by atoms with van der Waals surface area (Å²) in [4.78, 5) is 0.177.